The van der Waals surface area contributed by atoms with E-state index < -0.39 is 11.8 Å². The van der Waals surface area contributed by atoms with Gasteiger partial charge in [0.25, 0.3) is 5.89 Å². The van der Waals surface area contributed by atoms with E-state index in [1.54, 1.807) is 6.92 Å². The Bertz CT molecular complexity index is 913. The minimum Gasteiger partial charge on any atom is -0.465 e. The summed E-state index contributed by atoms with van der Waals surface area (Å²) in [5.74, 6) is -0.751. The Balaban J connectivity index is 2.29. The second-order valence-electron chi connectivity index (χ2n) is 4.81. The molecular formula is C16H11ClFN3O3. The van der Waals surface area contributed by atoms with Gasteiger partial charge in [0.2, 0.25) is 5.82 Å². The van der Waals surface area contributed by atoms with Crippen molar-refractivity contribution in [2.75, 3.05) is 7.11 Å². The number of hydrogen-bond donors (Lipinski definition) is 0. The molecule has 0 unspecified atom stereocenters. The van der Waals surface area contributed by atoms with Gasteiger partial charge in [0.05, 0.1) is 29.7 Å². The molecule has 0 atom stereocenters. The van der Waals surface area contributed by atoms with Crippen LogP contribution < -0.4 is 0 Å². The predicted octanol–water partition coefficient (Wildman–Crippen LogP) is 3.69. The zero-order chi connectivity index (χ0) is 17.3. The van der Waals surface area contributed by atoms with Gasteiger partial charge in [0.15, 0.2) is 0 Å². The highest BCUT2D eigenvalue weighted by Gasteiger charge is 2.23. The second kappa shape index (κ2) is 6.37. The third kappa shape index (κ3) is 2.85. The Morgan fingerprint density at radius 1 is 1.33 bits per heavy atom. The van der Waals surface area contributed by atoms with Crippen molar-refractivity contribution < 1.29 is 18.3 Å². The summed E-state index contributed by atoms with van der Waals surface area (Å²) in [6.07, 6.45) is 2.83. The van der Waals surface area contributed by atoms with Crippen LogP contribution in [0.25, 0.3) is 23.0 Å². The van der Waals surface area contributed by atoms with E-state index >= 15 is 0 Å². The zero-order valence-electron chi connectivity index (χ0n) is 12.7. The highest BCUT2D eigenvalue weighted by atomic mass is 35.5. The van der Waals surface area contributed by atoms with E-state index in [2.05, 4.69) is 15.0 Å². The van der Waals surface area contributed by atoms with Gasteiger partial charge >= 0.3 is 5.97 Å². The summed E-state index contributed by atoms with van der Waals surface area (Å²) in [5.41, 5.74) is 1.09. The molecule has 0 radical (unpaired) electrons. The fourth-order valence-corrected chi connectivity index (χ4v) is 2.48. The molecule has 3 rings (SSSR count). The molecule has 0 fully saturated rings. The van der Waals surface area contributed by atoms with Crippen LogP contribution in [0, 0.1) is 12.7 Å². The van der Waals surface area contributed by atoms with Gasteiger partial charge in [-0.05, 0) is 25.1 Å². The van der Waals surface area contributed by atoms with E-state index in [0.717, 1.165) is 6.07 Å². The lowest BCUT2D eigenvalue weighted by Gasteiger charge is -2.12. The molecule has 24 heavy (non-hydrogen) atoms. The number of carbonyl (C=O) groups is 1. The van der Waals surface area contributed by atoms with Gasteiger partial charge in [-0.3, -0.25) is 0 Å². The number of aromatic nitrogens is 3. The normalized spacial score (nSPS) is 10.7. The fourth-order valence-electron chi connectivity index (χ4n) is 2.23. The van der Waals surface area contributed by atoms with E-state index in [1.807, 2.05) is 0 Å². The lowest BCUT2D eigenvalue weighted by Crippen LogP contribution is -2.11. The number of nitrogens with zero attached hydrogens (tertiary/aromatic N) is 3. The average Bonchev–Trinajstić information content (AvgIpc) is 3.08. The van der Waals surface area contributed by atoms with Crippen molar-refractivity contribution in [1.82, 2.24) is 15.0 Å². The van der Waals surface area contributed by atoms with Gasteiger partial charge in [-0.1, -0.05) is 11.6 Å². The summed E-state index contributed by atoms with van der Waals surface area (Å²) in [4.78, 5) is 24.7. The van der Waals surface area contributed by atoms with Gasteiger partial charge in [-0.25, -0.2) is 24.1 Å². The molecule has 0 saturated heterocycles. The van der Waals surface area contributed by atoms with Crippen LogP contribution in [0.3, 0.4) is 0 Å². The largest absolute Gasteiger partial charge is 0.465 e. The molecule has 3 aromatic rings. The molecule has 2 heterocycles. The van der Waals surface area contributed by atoms with Crippen molar-refractivity contribution in [1.29, 1.82) is 0 Å². The molecule has 0 bridgehead atoms. The molecule has 122 valence electrons. The first-order valence-electron chi connectivity index (χ1n) is 6.83. The minimum absolute atomic E-state index is 0.108. The van der Waals surface area contributed by atoms with E-state index in [-0.39, 0.29) is 28.0 Å². The first-order chi connectivity index (χ1) is 11.5. The molecule has 0 saturated carbocycles. The number of oxazole rings is 1. The average molecular weight is 348 g/mol. The van der Waals surface area contributed by atoms with Crippen molar-refractivity contribution in [3.8, 4) is 23.0 Å². The van der Waals surface area contributed by atoms with Crippen LogP contribution in [0.15, 0.2) is 35.1 Å². The maximum Gasteiger partial charge on any atom is 0.341 e. The smallest absolute Gasteiger partial charge is 0.341 e. The number of halogens is 2. The van der Waals surface area contributed by atoms with Crippen molar-refractivity contribution in [2.45, 2.75) is 6.92 Å². The van der Waals surface area contributed by atoms with E-state index in [0.29, 0.717) is 11.3 Å². The summed E-state index contributed by atoms with van der Waals surface area (Å²) in [7, 11) is 1.25. The van der Waals surface area contributed by atoms with Gasteiger partial charge in [0, 0.05) is 5.56 Å². The van der Waals surface area contributed by atoms with Crippen molar-refractivity contribution in [2.24, 2.45) is 0 Å². The molecule has 0 N–H and O–H groups in total. The monoisotopic (exact) mass is 347 g/mol. The highest BCUT2D eigenvalue weighted by Crippen LogP contribution is 2.32. The lowest BCUT2D eigenvalue weighted by molar-refractivity contribution is 0.0600. The number of methoxy groups -OCH3 is 1. The van der Waals surface area contributed by atoms with Crippen LogP contribution in [-0.4, -0.2) is 28.0 Å². The van der Waals surface area contributed by atoms with Crippen molar-refractivity contribution in [3.63, 3.8) is 0 Å². The number of hydrogen-bond acceptors (Lipinski definition) is 6. The molecule has 0 amide bonds. The van der Waals surface area contributed by atoms with Crippen LogP contribution in [-0.2, 0) is 4.74 Å². The Morgan fingerprint density at radius 2 is 2.12 bits per heavy atom. The van der Waals surface area contributed by atoms with Crippen LogP contribution >= 0.6 is 11.6 Å². The number of rotatable bonds is 3. The maximum absolute atomic E-state index is 13.3. The summed E-state index contributed by atoms with van der Waals surface area (Å²) in [6, 6.07) is 3.80. The summed E-state index contributed by atoms with van der Waals surface area (Å²) >= 11 is 6.12. The van der Waals surface area contributed by atoms with Crippen molar-refractivity contribution in [3.05, 3.63) is 52.8 Å². The highest BCUT2D eigenvalue weighted by molar-refractivity contribution is 6.33. The molecular weight excluding hydrogens is 337 g/mol. The van der Waals surface area contributed by atoms with Gasteiger partial charge in [-0.15, -0.1) is 0 Å². The molecule has 6 nitrogen and oxygen atoms in total. The predicted molar refractivity (Wildman–Crippen MR) is 84.0 cm³/mol. The molecule has 1 aromatic carbocycles. The number of carbonyl (C=O) groups excluding carboxylic acids is 1. The Kier molecular flexibility index (Phi) is 4.26. The number of ether oxygens (including phenoxy) is 1. The van der Waals surface area contributed by atoms with Crippen LogP contribution in [0.4, 0.5) is 4.39 Å². The summed E-state index contributed by atoms with van der Waals surface area (Å²) in [5, 5.41) is 0.108. The Hall–Kier alpha value is -2.80. The van der Waals surface area contributed by atoms with Crippen LogP contribution in [0.2, 0.25) is 5.02 Å². The maximum atomic E-state index is 13.3. The zero-order valence-corrected chi connectivity index (χ0v) is 13.5. The molecule has 2 aromatic heterocycles. The third-order valence-electron chi connectivity index (χ3n) is 3.29. The van der Waals surface area contributed by atoms with Crippen molar-refractivity contribution >= 4 is 17.6 Å². The number of benzene rings is 1. The molecule has 0 spiro atoms. The summed E-state index contributed by atoms with van der Waals surface area (Å²) < 4.78 is 23.3. The lowest BCUT2D eigenvalue weighted by atomic mass is 10.0. The standard InChI is InChI=1S/C16H11ClFN3O3/c1-8-12(16(22)23-2)13(10-4-3-9(18)7-11(10)17)21-14(20-8)15-19-5-6-24-15/h3-7H,1-2H3. The second-order valence-corrected chi connectivity index (χ2v) is 5.22. The molecule has 8 heteroatoms. The van der Waals surface area contributed by atoms with Crippen LogP contribution in [0.1, 0.15) is 16.1 Å². The van der Waals surface area contributed by atoms with Gasteiger partial charge in [0.1, 0.15) is 17.6 Å². The summed E-state index contributed by atoms with van der Waals surface area (Å²) in [6.45, 7) is 1.63. The van der Waals surface area contributed by atoms with E-state index in [1.165, 1.54) is 31.7 Å². The SMILES string of the molecule is COC(=O)c1c(C)nc(-c2ncco2)nc1-c1ccc(F)cc1Cl. The third-order valence-corrected chi connectivity index (χ3v) is 3.60. The van der Waals surface area contributed by atoms with Gasteiger partial charge in [-0.2, -0.15) is 0 Å². The quantitative estimate of drug-likeness (QED) is 0.672. The minimum atomic E-state index is -0.623. The fraction of sp³-hybridized carbons (Fsp3) is 0.125. The first kappa shape index (κ1) is 16.1. The van der Waals surface area contributed by atoms with Gasteiger partial charge < -0.3 is 9.15 Å². The van der Waals surface area contributed by atoms with E-state index in [9.17, 15) is 9.18 Å². The molecule has 0 aliphatic rings. The Labute approximate surface area is 141 Å². The molecule has 0 aliphatic carbocycles. The Morgan fingerprint density at radius 3 is 2.75 bits per heavy atom. The van der Waals surface area contributed by atoms with E-state index in [4.69, 9.17) is 20.8 Å². The topological polar surface area (TPSA) is 78.1 Å². The number of esters is 1. The number of aryl methyl sites for hydroxylation is 1. The first-order valence-corrected chi connectivity index (χ1v) is 7.21. The van der Waals surface area contributed by atoms with Crippen LogP contribution in [0.5, 0.6) is 0 Å². The molecule has 0 aliphatic heterocycles.